The van der Waals surface area contributed by atoms with Gasteiger partial charge in [0, 0.05) is 10.0 Å². The minimum Gasteiger partial charge on any atom is -0.374 e. The Labute approximate surface area is 79.6 Å². The van der Waals surface area contributed by atoms with Crippen molar-refractivity contribution in [2.75, 3.05) is 0 Å². The Balaban J connectivity index is 3.11. The molecular weight excluding hydrogens is 218 g/mol. The van der Waals surface area contributed by atoms with Gasteiger partial charge in [0.25, 0.3) is 0 Å². The predicted octanol–water partition coefficient (Wildman–Crippen LogP) is 2.31. The lowest BCUT2D eigenvalue weighted by molar-refractivity contribution is 0.235. The summed E-state index contributed by atoms with van der Waals surface area (Å²) in [6, 6.07) is 7.24. The summed E-state index contributed by atoms with van der Waals surface area (Å²) in [4.78, 5) is 0. The smallest absolute Gasteiger partial charge is 0.166 e. The standard InChI is InChI=1S/C9H8BrNO/c1-6-2-3-7(8(10)4-6)9(12)5-11/h2-4,9,12H,1H3/t9-/m0/s1. The van der Waals surface area contributed by atoms with Crippen LogP contribution in [0.3, 0.4) is 0 Å². The highest BCUT2D eigenvalue weighted by Gasteiger charge is 2.08. The zero-order valence-corrected chi connectivity index (χ0v) is 8.17. The predicted molar refractivity (Wildman–Crippen MR) is 49.5 cm³/mol. The fourth-order valence-corrected chi connectivity index (χ4v) is 1.63. The SMILES string of the molecule is Cc1ccc([C@@H](O)C#N)c(Br)c1. The molecule has 0 aliphatic heterocycles. The van der Waals surface area contributed by atoms with Crippen LogP contribution in [0.25, 0.3) is 0 Å². The van der Waals surface area contributed by atoms with Gasteiger partial charge in [-0.2, -0.15) is 5.26 Å². The molecule has 0 bridgehead atoms. The van der Waals surface area contributed by atoms with Crippen molar-refractivity contribution in [1.29, 1.82) is 5.26 Å². The van der Waals surface area contributed by atoms with E-state index in [2.05, 4.69) is 15.9 Å². The first-order valence-electron chi connectivity index (χ1n) is 3.49. The second-order valence-electron chi connectivity index (χ2n) is 2.56. The average molecular weight is 226 g/mol. The molecule has 0 saturated carbocycles. The quantitative estimate of drug-likeness (QED) is 0.746. The number of hydrogen-bond donors (Lipinski definition) is 1. The maximum Gasteiger partial charge on any atom is 0.166 e. The number of aryl methyl sites for hydroxylation is 1. The Hall–Kier alpha value is -0.850. The molecule has 1 N–H and O–H groups in total. The van der Waals surface area contributed by atoms with Gasteiger partial charge in [-0.05, 0) is 18.6 Å². The van der Waals surface area contributed by atoms with Crippen molar-refractivity contribution in [2.24, 2.45) is 0 Å². The van der Waals surface area contributed by atoms with Gasteiger partial charge in [0.05, 0.1) is 6.07 Å². The molecular formula is C9H8BrNO. The molecule has 1 aromatic rings. The molecule has 0 radical (unpaired) electrons. The minimum atomic E-state index is -1.04. The summed E-state index contributed by atoms with van der Waals surface area (Å²) in [6.45, 7) is 1.95. The molecule has 0 heterocycles. The number of benzene rings is 1. The van der Waals surface area contributed by atoms with Crippen LogP contribution in [-0.2, 0) is 0 Å². The molecule has 1 atom stereocenters. The van der Waals surface area contributed by atoms with Gasteiger partial charge in [0.2, 0.25) is 0 Å². The summed E-state index contributed by atoms with van der Waals surface area (Å²) in [6.07, 6.45) is -1.04. The first-order valence-corrected chi connectivity index (χ1v) is 4.28. The van der Waals surface area contributed by atoms with Crippen LogP contribution >= 0.6 is 15.9 Å². The molecule has 1 aromatic carbocycles. The zero-order valence-electron chi connectivity index (χ0n) is 6.58. The zero-order chi connectivity index (χ0) is 9.14. The minimum absolute atomic E-state index is 0.614. The molecule has 0 aromatic heterocycles. The van der Waals surface area contributed by atoms with E-state index in [4.69, 9.17) is 5.26 Å². The molecule has 12 heavy (non-hydrogen) atoms. The molecule has 62 valence electrons. The van der Waals surface area contributed by atoms with Gasteiger partial charge < -0.3 is 5.11 Å². The molecule has 2 nitrogen and oxygen atoms in total. The van der Waals surface area contributed by atoms with Crippen molar-refractivity contribution >= 4 is 15.9 Å². The third kappa shape index (κ3) is 1.84. The highest BCUT2D eigenvalue weighted by molar-refractivity contribution is 9.10. The second kappa shape index (κ2) is 3.70. The van der Waals surface area contributed by atoms with Gasteiger partial charge in [-0.3, -0.25) is 0 Å². The summed E-state index contributed by atoms with van der Waals surface area (Å²) >= 11 is 3.28. The van der Waals surface area contributed by atoms with E-state index in [1.807, 2.05) is 19.1 Å². The van der Waals surface area contributed by atoms with Crippen LogP contribution in [-0.4, -0.2) is 5.11 Å². The molecule has 0 fully saturated rings. The summed E-state index contributed by atoms with van der Waals surface area (Å²) in [5, 5.41) is 17.7. The maximum atomic E-state index is 9.21. The Morgan fingerprint density at radius 2 is 2.25 bits per heavy atom. The monoisotopic (exact) mass is 225 g/mol. The number of hydrogen-bond acceptors (Lipinski definition) is 2. The Kier molecular flexibility index (Phi) is 2.85. The number of aliphatic hydroxyl groups is 1. The second-order valence-corrected chi connectivity index (χ2v) is 3.41. The van der Waals surface area contributed by atoms with Crippen LogP contribution in [0, 0.1) is 18.3 Å². The number of rotatable bonds is 1. The molecule has 0 saturated heterocycles. The first-order chi connectivity index (χ1) is 5.65. The molecule has 3 heteroatoms. The molecule has 1 rings (SSSR count). The lowest BCUT2D eigenvalue weighted by Gasteiger charge is -2.05. The first kappa shape index (κ1) is 9.24. The highest BCUT2D eigenvalue weighted by atomic mass is 79.9. The molecule has 0 unspecified atom stereocenters. The molecule has 0 spiro atoms. The summed E-state index contributed by atoms with van der Waals surface area (Å²) in [7, 11) is 0. The van der Waals surface area contributed by atoms with E-state index < -0.39 is 6.10 Å². The molecule has 0 aliphatic rings. The van der Waals surface area contributed by atoms with E-state index in [0.29, 0.717) is 5.56 Å². The van der Waals surface area contributed by atoms with E-state index in [0.717, 1.165) is 10.0 Å². The van der Waals surface area contributed by atoms with Crippen molar-refractivity contribution in [2.45, 2.75) is 13.0 Å². The van der Waals surface area contributed by atoms with Crippen LogP contribution in [0.5, 0.6) is 0 Å². The summed E-state index contributed by atoms with van der Waals surface area (Å²) in [5.74, 6) is 0. The van der Waals surface area contributed by atoms with Gasteiger partial charge >= 0.3 is 0 Å². The number of aliphatic hydroxyl groups excluding tert-OH is 1. The Morgan fingerprint density at radius 1 is 1.58 bits per heavy atom. The van der Waals surface area contributed by atoms with Gasteiger partial charge in [0.1, 0.15) is 0 Å². The summed E-state index contributed by atoms with van der Waals surface area (Å²) < 4.78 is 0.775. The molecule has 0 aliphatic carbocycles. The fourth-order valence-electron chi connectivity index (χ4n) is 0.923. The van der Waals surface area contributed by atoms with Gasteiger partial charge in [-0.15, -0.1) is 0 Å². The fraction of sp³-hybridized carbons (Fsp3) is 0.222. The number of nitriles is 1. The van der Waals surface area contributed by atoms with Crippen molar-refractivity contribution in [3.8, 4) is 6.07 Å². The van der Waals surface area contributed by atoms with Crippen LogP contribution in [0.1, 0.15) is 17.2 Å². The highest BCUT2D eigenvalue weighted by Crippen LogP contribution is 2.23. The van der Waals surface area contributed by atoms with E-state index >= 15 is 0 Å². The van der Waals surface area contributed by atoms with Crippen molar-refractivity contribution in [1.82, 2.24) is 0 Å². The number of halogens is 1. The third-order valence-corrected chi connectivity index (χ3v) is 2.26. The van der Waals surface area contributed by atoms with E-state index in [1.165, 1.54) is 0 Å². The van der Waals surface area contributed by atoms with Crippen LogP contribution in [0.15, 0.2) is 22.7 Å². The van der Waals surface area contributed by atoms with Crippen molar-refractivity contribution in [3.05, 3.63) is 33.8 Å². The van der Waals surface area contributed by atoms with Gasteiger partial charge in [-0.1, -0.05) is 28.1 Å². The molecule has 0 amide bonds. The summed E-state index contributed by atoms with van der Waals surface area (Å²) in [5.41, 5.74) is 1.71. The van der Waals surface area contributed by atoms with E-state index in [1.54, 1.807) is 12.1 Å². The van der Waals surface area contributed by atoms with E-state index in [-0.39, 0.29) is 0 Å². The average Bonchev–Trinajstić information content (AvgIpc) is 2.03. The maximum absolute atomic E-state index is 9.21. The van der Waals surface area contributed by atoms with Gasteiger partial charge in [-0.25, -0.2) is 0 Å². The lowest BCUT2D eigenvalue weighted by atomic mass is 10.1. The van der Waals surface area contributed by atoms with Crippen LogP contribution in [0.4, 0.5) is 0 Å². The third-order valence-electron chi connectivity index (χ3n) is 1.57. The van der Waals surface area contributed by atoms with E-state index in [9.17, 15) is 5.11 Å². The topological polar surface area (TPSA) is 44.0 Å². The van der Waals surface area contributed by atoms with Crippen molar-refractivity contribution in [3.63, 3.8) is 0 Å². The lowest BCUT2D eigenvalue weighted by Crippen LogP contribution is -1.94. The normalized spacial score (nSPS) is 12.2. The van der Waals surface area contributed by atoms with Crippen LogP contribution < -0.4 is 0 Å². The van der Waals surface area contributed by atoms with Crippen molar-refractivity contribution < 1.29 is 5.11 Å². The Bertz CT molecular complexity index is 330. The largest absolute Gasteiger partial charge is 0.374 e. The van der Waals surface area contributed by atoms with Gasteiger partial charge in [0.15, 0.2) is 6.10 Å². The van der Waals surface area contributed by atoms with Crippen LogP contribution in [0.2, 0.25) is 0 Å². The number of nitrogens with zero attached hydrogens (tertiary/aromatic N) is 1. The Morgan fingerprint density at radius 3 is 2.75 bits per heavy atom.